The number of carbonyl (C=O) groups is 1. The van der Waals surface area contributed by atoms with E-state index in [2.05, 4.69) is 10.4 Å². The Balaban J connectivity index is 1.73. The second-order valence-corrected chi connectivity index (χ2v) is 7.16. The van der Waals surface area contributed by atoms with Crippen LogP contribution in [0.1, 0.15) is 18.9 Å². The minimum absolute atomic E-state index is 0.0821. The van der Waals surface area contributed by atoms with E-state index in [0.717, 1.165) is 10.2 Å². The van der Waals surface area contributed by atoms with E-state index in [0.29, 0.717) is 29.4 Å². The number of nitrogens with one attached hydrogen (secondary N) is 1. The lowest BCUT2D eigenvalue weighted by Gasteiger charge is -2.18. The minimum atomic E-state index is -0.853. The lowest BCUT2D eigenvalue weighted by atomic mass is 10.1. The van der Waals surface area contributed by atoms with Gasteiger partial charge in [-0.15, -0.1) is 5.10 Å². The van der Waals surface area contributed by atoms with E-state index in [1.807, 2.05) is 0 Å². The number of hydrogen-bond acceptors (Lipinski definition) is 7. The summed E-state index contributed by atoms with van der Waals surface area (Å²) < 4.78 is 36.0. The molecule has 0 saturated heterocycles. The van der Waals surface area contributed by atoms with Crippen LogP contribution in [0.2, 0.25) is 0 Å². The van der Waals surface area contributed by atoms with Crippen LogP contribution >= 0.6 is 0 Å². The highest BCUT2D eigenvalue weighted by Gasteiger charge is 2.20. The van der Waals surface area contributed by atoms with E-state index in [1.165, 1.54) is 57.7 Å². The maximum Gasteiger partial charge on any atom is 0.271 e. The van der Waals surface area contributed by atoms with E-state index >= 15 is 0 Å². The molecule has 0 spiro atoms. The molecule has 0 aliphatic rings. The number of rotatable bonds is 10. The van der Waals surface area contributed by atoms with E-state index < -0.39 is 17.5 Å². The number of nitrogens with zero attached hydrogens (tertiary/aromatic N) is 2. The van der Waals surface area contributed by atoms with Crippen molar-refractivity contribution < 1.29 is 28.1 Å². The normalized spacial score (nSPS) is 11.4. The molecule has 9 nitrogen and oxygen atoms in total. The number of carbonyl (C=O) groups excluding carboxylic acids is 1. The number of amides is 1. The number of halogens is 1. The Labute approximate surface area is 196 Å². The Morgan fingerprint density at radius 2 is 1.68 bits per heavy atom. The van der Waals surface area contributed by atoms with Gasteiger partial charge in [-0.25, -0.2) is 4.39 Å². The first kappa shape index (κ1) is 24.6. The van der Waals surface area contributed by atoms with Gasteiger partial charge in [0.2, 0.25) is 11.6 Å². The van der Waals surface area contributed by atoms with Gasteiger partial charge in [-0.05, 0) is 48.4 Å². The van der Waals surface area contributed by atoms with Gasteiger partial charge < -0.3 is 24.3 Å². The Hall–Kier alpha value is -4.08. The Morgan fingerprint density at radius 3 is 2.24 bits per heavy atom. The standard InChI is InChI=1S/C24H26FN3O6/c1-5-18(24(30)26-14-15-12-19(31-2)23(33-4)20(13-15)32-3)34-21-10-11-22(29)28(27-21)17-8-6-16(25)7-9-17/h6-13,18H,5,14H2,1-4H3,(H,26,30). The summed E-state index contributed by atoms with van der Waals surface area (Å²) in [5.74, 6) is 0.691. The number of ether oxygens (including phenoxy) is 4. The summed E-state index contributed by atoms with van der Waals surface area (Å²) in [6.07, 6.45) is -0.493. The summed E-state index contributed by atoms with van der Waals surface area (Å²) in [5, 5.41) is 6.98. The second-order valence-electron chi connectivity index (χ2n) is 7.16. The summed E-state index contributed by atoms with van der Waals surface area (Å²) in [4.78, 5) is 25.0. The lowest BCUT2D eigenvalue weighted by Crippen LogP contribution is -2.38. The number of methoxy groups -OCH3 is 3. The molecule has 180 valence electrons. The first-order valence-corrected chi connectivity index (χ1v) is 10.5. The fourth-order valence-corrected chi connectivity index (χ4v) is 3.23. The van der Waals surface area contributed by atoms with Gasteiger partial charge in [0.15, 0.2) is 17.6 Å². The van der Waals surface area contributed by atoms with Gasteiger partial charge in [0.05, 0.1) is 27.0 Å². The van der Waals surface area contributed by atoms with Crippen LogP contribution in [0.3, 0.4) is 0 Å². The van der Waals surface area contributed by atoms with Gasteiger partial charge in [-0.2, -0.15) is 4.68 Å². The van der Waals surface area contributed by atoms with Crippen molar-refractivity contribution >= 4 is 5.91 Å². The van der Waals surface area contributed by atoms with Crippen LogP contribution in [-0.2, 0) is 11.3 Å². The average molecular weight is 471 g/mol. The number of hydrogen-bond donors (Lipinski definition) is 1. The molecular formula is C24H26FN3O6. The zero-order valence-electron chi connectivity index (χ0n) is 19.3. The van der Waals surface area contributed by atoms with Crippen molar-refractivity contribution in [3.05, 3.63) is 70.3 Å². The molecule has 1 atom stereocenters. The molecule has 1 amide bonds. The second kappa shape index (κ2) is 11.2. The summed E-state index contributed by atoms with van der Waals surface area (Å²) >= 11 is 0. The first-order valence-electron chi connectivity index (χ1n) is 10.5. The van der Waals surface area contributed by atoms with Gasteiger partial charge in [0, 0.05) is 18.7 Å². The third kappa shape index (κ3) is 5.64. The lowest BCUT2D eigenvalue weighted by molar-refractivity contribution is -0.128. The predicted octanol–water partition coefficient (Wildman–Crippen LogP) is 2.87. The van der Waals surface area contributed by atoms with E-state index in [9.17, 15) is 14.0 Å². The smallest absolute Gasteiger partial charge is 0.271 e. The largest absolute Gasteiger partial charge is 0.493 e. The Morgan fingerprint density at radius 1 is 1.03 bits per heavy atom. The predicted molar refractivity (Wildman–Crippen MR) is 122 cm³/mol. The molecule has 0 radical (unpaired) electrons. The van der Waals surface area contributed by atoms with Crippen LogP contribution in [0, 0.1) is 5.82 Å². The first-order chi connectivity index (χ1) is 16.4. The minimum Gasteiger partial charge on any atom is -0.493 e. The Bertz CT molecular complexity index is 1170. The van der Waals surface area contributed by atoms with Crippen LogP contribution < -0.4 is 29.8 Å². The molecule has 10 heteroatoms. The van der Waals surface area contributed by atoms with Crippen LogP contribution in [0.4, 0.5) is 4.39 Å². The molecule has 0 saturated carbocycles. The molecule has 3 rings (SSSR count). The maximum atomic E-state index is 13.2. The number of benzene rings is 2. The summed E-state index contributed by atoms with van der Waals surface area (Å²) in [6, 6.07) is 11.4. The van der Waals surface area contributed by atoms with Crippen LogP contribution in [-0.4, -0.2) is 43.1 Å². The molecule has 2 aromatic carbocycles. The summed E-state index contributed by atoms with van der Waals surface area (Å²) in [6.45, 7) is 1.98. The molecule has 1 N–H and O–H groups in total. The summed E-state index contributed by atoms with van der Waals surface area (Å²) in [5.41, 5.74) is 0.691. The van der Waals surface area contributed by atoms with E-state index in [1.54, 1.807) is 19.1 Å². The molecule has 34 heavy (non-hydrogen) atoms. The molecule has 1 aromatic heterocycles. The molecule has 3 aromatic rings. The fourth-order valence-electron chi connectivity index (χ4n) is 3.23. The third-order valence-corrected chi connectivity index (χ3v) is 4.96. The highest BCUT2D eigenvalue weighted by Crippen LogP contribution is 2.38. The van der Waals surface area contributed by atoms with Crippen molar-refractivity contribution in [2.45, 2.75) is 26.0 Å². The van der Waals surface area contributed by atoms with Crippen molar-refractivity contribution in [1.29, 1.82) is 0 Å². The fraction of sp³-hybridized carbons (Fsp3) is 0.292. The third-order valence-electron chi connectivity index (χ3n) is 4.96. The van der Waals surface area contributed by atoms with E-state index in [-0.39, 0.29) is 18.3 Å². The van der Waals surface area contributed by atoms with Crippen molar-refractivity contribution in [1.82, 2.24) is 15.1 Å². The van der Waals surface area contributed by atoms with Gasteiger partial charge in [0.25, 0.3) is 11.5 Å². The quantitative estimate of drug-likeness (QED) is 0.485. The van der Waals surface area contributed by atoms with Crippen molar-refractivity contribution in [3.8, 4) is 28.8 Å². The maximum absolute atomic E-state index is 13.2. The molecule has 1 heterocycles. The SMILES string of the molecule is CCC(Oc1ccc(=O)n(-c2ccc(F)cc2)n1)C(=O)NCc1cc(OC)c(OC)c(OC)c1. The summed E-state index contributed by atoms with van der Waals surface area (Å²) in [7, 11) is 4.54. The highest BCUT2D eigenvalue weighted by molar-refractivity contribution is 5.81. The van der Waals surface area contributed by atoms with Gasteiger partial charge >= 0.3 is 0 Å². The van der Waals surface area contributed by atoms with Crippen molar-refractivity contribution in [3.63, 3.8) is 0 Å². The highest BCUT2D eigenvalue weighted by atomic mass is 19.1. The Kier molecular flexibility index (Phi) is 8.07. The molecule has 0 aliphatic carbocycles. The van der Waals surface area contributed by atoms with Crippen LogP contribution in [0.15, 0.2) is 53.3 Å². The molecule has 0 bridgehead atoms. The van der Waals surface area contributed by atoms with Crippen molar-refractivity contribution in [2.24, 2.45) is 0 Å². The molecule has 0 fully saturated rings. The zero-order chi connectivity index (χ0) is 24.7. The van der Waals surface area contributed by atoms with Gasteiger partial charge in [-0.1, -0.05) is 6.92 Å². The van der Waals surface area contributed by atoms with Crippen molar-refractivity contribution in [2.75, 3.05) is 21.3 Å². The molecule has 0 aliphatic heterocycles. The number of aromatic nitrogens is 2. The van der Waals surface area contributed by atoms with Gasteiger partial charge in [-0.3, -0.25) is 9.59 Å². The zero-order valence-corrected chi connectivity index (χ0v) is 19.3. The molecular weight excluding hydrogens is 445 g/mol. The van der Waals surface area contributed by atoms with Crippen LogP contribution in [0.5, 0.6) is 23.1 Å². The van der Waals surface area contributed by atoms with Crippen LogP contribution in [0.25, 0.3) is 5.69 Å². The topological polar surface area (TPSA) is 101 Å². The monoisotopic (exact) mass is 471 g/mol. The van der Waals surface area contributed by atoms with E-state index in [4.69, 9.17) is 18.9 Å². The average Bonchev–Trinajstić information content (AvgIpc) is 2.86. The molecule has 1 unspecified atom stereocenters. The van der Waals surface area contributed by atoms with Gasteiger partial charge in [0.1, 0.15) is 5.82 Å².